The van der Waals surface area contributed by atoms with Crippen molar-refractivity contribution in [1.29, 1.82) is 0 Å². The van der Waals surface area contributed by atoms with Gasteiger partial charge < -0.3 is 19.5 Å². The van der Waals surface area contributed by atoms with Crippen LogP contribution in [0.3, 0.4) is 0 Å². The number of ether oxygens (including phenoxy) is 3. The Morgan fingerprint density at radius 1 is 1.00 bits per heavy atom. The van der Waals surface area contributed by atoms with E-state index < -0.39 is 23.8 Å². The molecule has 11 heteroatoms. The van der Waals surface area contributed by atoms with Crippen LogP contribution in [0.2, 0.25) is 0 Å². The van der Waals surface area contributed by atoms with Gasteiger partial charge in [-0.2, -0.15) is 10.1 Å². The third kappa shape index (κ3) is 7.92. The third-order valence-electron chi connectivity index (χ3n) is 6.85. The first-order chi connectivity index (χ1) is 20.7. The Labute approximate surface area is 250 Å². The fourth-order valence-electron chi connectivity index (χ4n) is 4.81. The van der Waals surface area contributed by atoms with E-state index in [9.17, 15) is 14.0 Å². The molecule has 2 heterocycles. The van der Waals surface area contributed by atoms with Gasteiger partial charge in [0, 0.05) is 25.8 Å². The quantitative estimate of drug-likeness (QED) is 0.202. The second-order valence-electron chi connectivity index (χ2n) is 10.1. The number of esters is 1. The zero-order valence-electron chi connectivity index (χ0n) is 25.2. The van der Waals surface area contributed by atoms with Crippen molar-refractivity contribution in [3.05, 3.63) is 77.0 Å². The second kappa shape index (κ2) is 14.7. The zero-order chi connectivity index (χ0) is 30.9. The largest absolute Gasteiger partial charge is 0.475 e. The van der Waals surface area contributed by atoms with Gasteiger partial charge in [0.1, 0.15) is 29.3 Å². The fraction of sp³-hybridized carbons (Fsp3) is 0.406. The number of anilines is 1. The van der Waals surface area contributed by atoms with Gasteiger partial charge in [0.05, 0.1) is 18.2 Å². The molecule has 0 radical (unpaired) electrons. The summed E-state index contributed by atoms with van der Waals surface area (Å²) in [6.07, 6.45) is 1.31. The molecule has 4 rings (SSSR count). The van der Waals surface area contributed by atoms with Gasteiger partial charge in [-0.05, 0) is 62.6 Å². The fourth-order valence-corrected chi connectivity index (χ4v) is 4.81. The number of nitrogens with one attached hydrogen (secondary N) is 1. The lowest BCUT2D eigenvalue weighted by molar-refractivity contribution is -0.156. The van der Waals surface area contributed by atoms with E-state index in [1.807, 2.05) is 26.1 Å². The van der Waals surface area contributed by atoms with E-state index in [-0.39, 0.29) is 19.1 Å². The molecule has 0 fully saturated rings. The predicted molar refractivity (Wildman–Crippen MR) is 160 cm³/mol. The lowest BCUT2D eigenvalue weighted by atomic mass is 9.98. The van der Waals surface area contributed by atoms with Crippen molar-refractivity contribution < 1.29 is 28.2 Å². The monoisotopic (exact) mass is 591 g/mol. The van der Waals surface area contributed by atoms with Crippen molar-refractivity contribution in [3.8, 4) is 5.88 Å². The summed E-state index contributed by atoms with van der Waals surface area (Å²) in [5, 5.41) is 7.54. The van der Waals surface area contributed by atoms with Gasteiger partial charge in [-0.3, -0.25) is 9.48 Å². The SMILES string of the molecule is CCCc1nn(C)c2c(OCC(C(=O)Nc3ccc(CC(OCC)C(=O)OCC)cc3)c3ccc(F)cc3)nc(C)nc12. The molecule has 228 valence electrons. The number of hydrogen-bond acceptors (Lipinski definition) is 8. The van der Waals surface area contributed by atoms with E-state index in [4.69, 9.17) is 14.2 Å². The number of aryl methyl sites for hydroxylation is 3. The number of benzene rings is 2. The van der Waals surface area contributed by atoms with Crippen molar-refractivity contribution >= 4 is 28.6 Å². The Balaban J connectivity index is 1.53. The molecule has 0 bridgehead atoms. The number of hydrogen-bond donors (Lipinski definition) is 1. The molecular formula is C32H38FN5O5. The lowest BCUT2D eigenvalue weighted by Gasteiger charge is -2.19. The number of carbonyl (C=O) groups is 2. The van der Waals surface area contributed by atoms with E-state index in [2.05, 4.69) is 27.3 Å². The highest BCUT2D eigenvalue weighted by atomic mass is 19.1. The summed E-state index contributed by atoms with van der Waals surface area (Å²) in [6.45, 7) is 8.03. The molecular weight excluding hydrogens is 553 g/mol. The van der Waals surface area contributed by atoms with Crippen LogP contribution in [0.1, 0.15) is 55.8 Å². The van der Waals surface area contributed by atoms with Crippen molar-refractivity contribution in [2.75, 3.05) is 25.1 Å². The highest BCUT2D eigenvalue weighted by Crippen LogP contribution is 2.28. The Hall–Kier alpha value is -4.38. The van der Waals surface area contributed by atoms with Gasteiger partial charge in [0.2, 0.25) is 11.8 Å². The van der Waals surface area contributed by atoms with Crippen LogP contribution in [0.25, 0.3) is 11.0 Å². The predicted octanol–water partition coefficient (Wildman–Crippen LogP) is 5.08. The van der Waals surface area contributed by atoms with Crippen LogP contribution >= 0.6 is 0 Å². The summed E-state index contributed by atoms with van der Waals surface area (Å²) in [5.74, 6) is -1.07. The number of carbonyl (C=O) groups excluding carboxylic acids is 2. The molecule has 2 aromatic carbocycles. The maximum absolute atomic E-state index is 13.8. The Bertz CT molecular complexity index is 1540. The number of aromatic nitrogens is 4. The van der Waals surface area contributed by atoms with E-state index in [0.717, 1.165) is 29.6 Å². The van der Waals surface area contributed by atoms with Crippen LogP contribution in [0.15, 0.2) is 48.5 Å². The lowest BCUT2D eigenvalue weighted by Crippen LogP contribution is -2.29. The minimum atomic E-state index is -0.778. The first-order valence-electron chi connectivity index (χ1n) is 14.5. The summed E-state index contributed by atoms with van der Waals surface area (Å²) in [6, 6.07) is 12.9. The maximum atomic E-state index is 13.8. The number of rotatable bonds is 14. The Morgan fingerprint density at radius 3 is 2.37 bits per heavy atom. The van der Waals surface area contributed by atoms with Gasteiger partial charge in [0.25, 0.3) is 0 Å². The van der Waals surface area contributed by atoms with Crippen molar-refractivity contribution in [3.63, 3.8) is 0 Å². The Morgan fingerprint density at radius 2 is 1.72 bits per heavy atom. The van der Waals surface area contributed by atoms with Gasteiger partial charge in [0.15, 0.2) is 6.10 Å². The number of halogens is 1. The molecule has 4 aromatic rings. The summed E-state index contributed by atoms with van der Waals surface area (Å²) in [7, 11) is 1.81. The highest BCUT2D eigenvalue weighted by molar-refractivity contribution is 5.96. The average molecular weight is 592 g/mol. The van der Waals surface area contributed by atoms with E-state index in [0.29, 0.717) is 41.5 Å². The summed E-state index contributed by atoms with van der Waals surface area (Å²) in [4.78, 5) is 34.9. The van der Waals surface area contributed by atoms with Crippen LogP contribution in [-0.2, 0) is 39.0 Å². The molecule has 0 aliphatic rings. The van der Waals surface area contributed by atoms with Crippen molar-refractivity contribution in [2.45, 2.75) is 59.0 Å². The molecule has 1 amide bonds. The van der Waals surface area contributed by atoms with Gasteiger partial charge in [-0.25, -0.2) is 14.2 Å². The van der Waals surface area contributed by atoms with E-state index in [1.165, 1.54) is 12.1 Å². The van der Waals surface area contributed by atoms with Crippen LogP contribution in [-0.4, -0.2) is 57.5 Å². The molecule has 43 heavy (non-hydrogen) atoms. The molecule has 0 saturated heterocycles. The summed E-state index contributed by atoms with van der Waals surface area (Å²) in [5.41, 5.74) is 4.23. The summed E-state index contributed by atoms with van der Waals surface area (Å²) < 4.78 is 32.3. The molecule has 2 unspecified atom stereocenters. The van der Waals surface area contributed by atoms with Crippen LogP contribution in [0.4, 0.5) is 10.1 Å². The minimum Gasteiger partial charge on any atom is -0.475 e. The second-order valence-corrected chi connectivity index (χ2v) is 10.1. The van der Waals surface area contributed by atoms with Crippen LogP contribution in [0, 0.1) is 12.7 Å². The van der Waals surface area contributed by atoms with E-state index >= 15 is 0 Å². The minimum absolute atomic E-state index is 0.0506. The van der Waals surface area contributed by atoms with Crippen LogP contribution in [0.5, 0.6) is 5.88 Å². The van der Waals surface area contributed by atoms with Gasteiger partial charge >= 0.3 is 5.97 Å². The molecule has 2 aromatic heterocycles. The first-order valence-corrected chi connectivity index (χ1v) is 14.5. The smallest absolute Gasteiger partial charge is 0.335 e. The van der Waals surface area contributed by atoms with Gasteiger partial charge in [-0.1, -0.05) is 37.6 Å². The molecule has 1 N–H and O–H groups in total. The van der Waals surface area contributed by atoms with Crippen LogP contribution < -0.4 is 10.1 Å². The molecule has 0 saturated carbocycles. The molecule has 10 nitrogen and oxygen atoms in total. The topological polar surface area (TPSA) is 117 Å². The maximum Gasteiger partial charge on any atom is 0.335 e. The molecule has 0 spiro atoms. The molecule has 2 atom stereocenters. The van der Waals surface area contributed by atoms with Crippen molar-refractivity contribution in [1.82, 2.24) is 19.7 Å². The Kier molecular flexibility index (Phi) is 10.8. The third-order valence-corrected chi connectivity index (χ3v) is 6.85. The van der Waals surface area contributed by atoms with Gasteiger partial charge in [-0.15, -0.1) is 0 Å². The zero-order valence-corrected chi connectivity index (χ0v) is 25.2. The normalized spacial score (nSPS) is 12.6. The van der Waals surface area contributed by atoms with E-state index in [1.54, 1.807) is 42.8 Å². The first kappa shape index (κ1) is 31.6. The molecule has 0 aliphatic carbocycles. The highest BCUT2D eigenvalue weighted by Gasteiger charge is 2.25. The number of fused-ring (bicyclic) bond motifs is 1. The summed E-state index contributed by atoms with van der Waals surface area (Å²) >= 11 is 0. The standard InChI is InChI=1S/C32H38FN5O5/c1-6-9-26-28-29(38(5)37-26)31(35-20(4)34-28)43-19-25(22-12-14-23(33)15-13-22)30(39)36-24-16-10-21(11-17-24)18-27(41-7-2)32(40)42-8-3/h10-17,25,27H,6-9,18-19H2,1-5H3,(H,36,39). The molecule has 0 aliphatic heterocycles. The van der Waals surface area contributed by atoms with Crippen molar-refractivity contribution in [2.24, 2.45) is 7.05 Å². The average Bonchev–Trinajstić information content (AvgIpc) is 3.29. The number of amides is 1. The number of nitrogens with zero attached hydrogens (tertiary/aromatic N) is 4.